The van der Waals surface area contributed by atoms with Crippen molar-refractivity contribution in [2.45, 2.75) is 19.9 Å². The van der Waals surface area contributed by atoms with Gasteiger partial charge >= 0.3 is 0 Å². The Bertz CT molecular complexity index is 538. The first-order chi connectivity index (χ1) is 8.69. The van der Waals surface area contributed by atoms with E-state index in [1.807, 2.05) is 12.1 Å². The Hall–Kier alpha value is -2.16. The Labute approximate surface area is 107 Å². The summed E-state index contributed by atoms with van der Waals surface area (Å²) in [5, 5.41) is 21.9. The highest BCUT2D eigenvalue weighted by molar-refractivity contribution is 5.47. The van der Waals surface area contributed by atoms with Crippen LogP contribution < -0.4 is 5.32 Å². The van der Waals surface area contributed by atoms with Crippen LogP contribution in [0.5, 0.6) is 11.5 Å². The smallest absolute Gasteiger partial charge is 0.157 e. The Morgan fingerprint density at radius 2 is 1.78 bits per heavy atom. The summed E-state index contributed by atoms with van der Waals surface area (Å²) in [6.07, 6.45) is 1.01. The molecule has 0 aliphatic rings. The summed E-state index contributed by atoms with van der Waals surface area (Å²) < 4.78 is 0. The number of aromatic hydroxyl groups is 2. The number of hydrogen-bond donors (Lipinski definition) is 3. The van der Waals surface area contributed by atoms with Crippen LogP contribution in [0.2, 0.25) is 0 Å². The van der Waals surface area contributed by atoms with Gasteiger partial charge in [0.05, 0.1) is 0 Å². The van der Waals surface area contributed by atoms with E-state index in [1.54, 1.807) is 12.1 Å². The average Bonchev–Trinajstić information content (AvgIpc) is 2.40. The molecule has 0 atom stereocenters. The van der Waals surface area contributed by atoms with Crippen LogP contribution in [0.4, 0.5) is 5.69 Å². The van der Waals surface area contributed by atoms with Crippen molar-refractivity contribution in [2.24, 2.45) is 0 Å². The molecule has 94 valence electrons. The predicted molar refractivity (Wildman–Crippen MR) is 72.9 cm³/mol. The average molecular weight is 243 g/mol. The molecule has 0 aromatic heterocycles. The second-order valence-corrected chi connectivity index (χ2v) is 4.23. The maximum absolute atomic E-state index is 9.40. The van der Waals surface area contributed by atoms with Crippen molar-refractivity contribution in [3.63, 3.8) is 0 Å². The summed E-state index contributed by atoms with van der Waals surface area (Å²) in [5.74, 6) is -0.177. The zero-order valence-electron chi connectivity index (χ0n) is 10.4. The van der Waals surface area contributed by atoms with Crippen molar-refractivity contribution in [3.05, 3.63) is 53.6 Å². The quantitative estimate of drug-likeness (QED) is 0.722. The van der Waals surface area contributed by atoms with Crippen molar-refractivity contribution in [2.75, 3.05) is 5.32 Å². The normalized spacial score (nSPS) is 10.3. The standard InChI is InChI=1S/C15H17NO2/c1-2-11-4-3-5-13(8-11)16-10-12-6-7-14(17)15(18)9-12/h3-9,16-18H,2,10H2,1H3. The highest BCUT2D eigenvalue weighted by Gasteiger charge is 2.01. The zero-order chi connectivity index (χ0) is 13.0. The van der Waals surface area contributed by atoms with Gasteiger partial charge in [-0.1, -0.05) is 25.1 Å². The van der Waals surface area contributed by atoms with E-state index in [4.69, 9.17) is 0 Å². The van der Waals surface area contributed by atoms with Gasteiger partial charge in [0.2, 0.25) is 0 Å². The van der Waals surface area contributed by atoms with Crippen molar-refractivity contribution in [1.82, 2.24) is 0 Å². The minimum atomic E-state index is -0.0910. The van der Waals surface area contributed by atoms with Gasteiger partial charge in [-0.2, -0.15) is 0 Å². The summed E-state index contributed by atoms with van der Waals surface area (Å²) in [6.45, 7) is 2.73. The molecule has 3 N–H and O–H groups in total. The first-order valence-corrected chi connectivity index (χ1v) is 6.02. The lowest BCUT2D eigenvalue weighted by Gasteiger charge is -2.08. The topological polar surface area (TPSA) is 52.5 Å². The van der Waals surface area contributed by atoms with Crippen molar-refractivity contribution >= 4 is 5.69 Å². The van der Waals surface area contributed by atoms with Crippen LogP contribution in [0.25, 0.3) is 0 Å². The maximum Gasteiger partial charge on any atom is 0.157 e. The number of rotatable bonds is 4. The lowest BCUT2D eigenvalue weighted by atomic mass is 10.1. The van der Waals surface area contributed by atoms with Gasteiger partial charge in [-0.3, -0.25) is 0 Å². The second kappa shape index (κ2) is 5.45. The lowest BCUT2D eigenvalue weighted by Crippen LogP contribution is -1.99. The van der Waals surface area contributed by atoms with Crippen LogP contribution in [0.3, 0.4) is 0 Å². The van der Waals surface area contributed by atoms with E-state index in [1.165, 1.54) is 11.6 Å². The largest absolute Gasteiger partial charge is 0.504 e. The summed E-state index contributed by atoms with van der Waals surface area (Å²) in [7, 11) is 0. The highest BCUT2D eigenvalue weighted by atomic mass is 16.3. The first-order valence-electron chi connectivity index (χ1n) is 6.02. The van der Waals surface area contributed by atoms with Crippen LogP contribution in [0.15, 0.2) is 42.5 Å². The molecule has 2 rings (SSSR count). The molecule has 0 amide bonds. The SMILES string of the molecule is CCc1cccc(NCc2ccc(O)c(O)c2)c1. The van der Waals surface area contributed by atoms with Crippen LogP contribution in [0.1, 0.15) is 18.1 Å². The maximum atomic E-state index is 9.40. The summed E-state index contributed by atoms with van der Waals surface area (Å²) >= 11 is 0. The lowest BCUT2D eigenvalue weighted by molar-refractivity contribution is 0.403. The van der Waals surface area contributed by atoms with Gasteiger partial charge in [-0.15, -0.1) is 0 Å². The molecule has 0 heterocycles. The van der Waals surface area contributed by atoms with Gasteiger partial charge in [-0.25, -0.2) is 0 Å². The minimum Gasteiger partial charge on any atom is -0.504 e. The molecule has 3 nitrogen and oxygen atoms in total. The number of benzene rings is 2. The molecule has 0 saturated heterocycles. The van der Waals surface area contributed by atoms with Crippen molar-refractivity contribution < 1.29 is 10.2 Å². The van der Waals surface area contributed by atoms with Crippen LogP contribution >= 0.6 is 0 Å². The highest BCUT2D eigenvalue weighted by Crippen LogP contribution is 2.25. The fourth-order valence-corrected chi connectivity index (χ4v) is 1.78. The fourth-order valence-electron chi connectivity index (χ4n) is 1.78. The summed E-state index contributed by atoms with van der Waals surface area (Å²) in [6, 6.07) is 13.1. The van der Waals surface area contributed by atoms with Crippen molar-refractivity contribution in [1.29, 1.82) is 0 Å². The van der Waals surface area contributed by atoms with Crippen LogP contribution in [0, 0.1) is 0 Å². The third-order valence-corrected chi connectivity index (χ3v) is 2.87. The van der Waals surface area contributed by atoms with Gasteiger partial charge in [-0.05, 0) is 41.8 Å². The Morgan fingerprint density at radius 3 is 2.50 bits per heavy atom. The molecule has 0 aliphatic carbocycles. The number of aryl methyl sites for hydroxylation is 1. The molecule has 3 heteroatoms. The van der Waals surface area contributed by atoms with Gasteiger partial charge in [0.25, 0.3) is 0 Å². The number of hydrogen-bond acceptors (Lipinski definition) is 3. The van der Waals surface area contributed by atoms with E-state index in [9.17, 15) is 10.2 Å². The van der Waals surface area contributed by atoms with Gasteiger partial charge in [0.1, 0.15) is 0 Å². The Kier molecular flexibility index (Phi) is 3.72. The third kappa shape index (κ3) is 2.94. The molecule has 18 heavy (non-hydrogen) atoms. The summed E-state index contributed by atoms with van der Waals surface area (Å²) in [5.41, 5.74) is 3.27. The molecule has 0 bridgehead atoms. The Balaban J connectivity index is 2.04. The fraction of sp³-hybridized carbons (Fsp3) is 0.200. The molecule has 0 aliphatic heterocycles. The molecule has 2 aromatic carbocycles. The van der Waals surface area contributed by atoms with Crippen LogP contribution in [-0.2, 0) is 13.0 Å². The second-order valence-electron chi connectivity index (χ2n) is 4.23. The predicted octanol–water partition coefficient (Wildman–Crippen LogP) is 3.27. The zero-order valence-corrected chi connectivity index (χ0v) is 10.4. The molecule has 0 radical (unpaired) electrons. The number of phenols is 2. The first kappa shape index (κ1) is 12.3. The number of anilines is 1. The molecule has 0 saturated carbocycles. The number of nitrogens with one attached hydrogen (secondary N) is 1. The third-order valence-electron chi connectivity index (χ3n) is 2.87. The van der Waals surface area contributed by atoms with Gasteiger partial charge in [0, 0.05) is 12.2 Å². The van der Waals surface area contributed by atoms with E-state index >= 15 is 0 Å². The van der Waals surface area contributed by atoms with Gasteiger partial charge < -0.3 is 15.5 Å². The van der Waals surface area contributed by atoms with Gasteiger partial charge in [0.15, 0.2) is 11.5 Å². The minimum absolute atomic E-state index is 0.0865. The van der Waals surface area contributed by atoms with E-state index in [0.29, 0.717) is 6.54 Å². The molecule has 0 spiro atoms. The van der Waals surface area contributed by atoms with E-state index in [-0.39, 0.29) is 11.5 Å². The number of phenolic OH excluding ortho intramolecular Hbond substituents is 2. The van der Waals surface area contributed by atoms with E-state index < -0.39 is 0 Å². The molecule has 2 aromatic rings. The van der Waals surface area contributed by atoms with E-state index in [0.717, 1.165) is 17.7 Å². The molecular formula is C15H17NO2. The summed E-state index contributed by atoms with van der Waals surface area (Å²) in [4.78, 5) is 0. The van der Waals surface area contributed by atoms with E-state index in [2.05, 4.69) is 24.4 Å². The van der Waals surface area contributed by atoms with Crippen LogP contribution in [-0.4, -0.2) is 10.2 Å². The monoisotopic (exact) mass is 243 g/mol. The molecular weight excluding hydrogens is 226 g/mol. The molecule has 0 fully saturated rings. The molecule has 0 unspecified atom stereocenters. The Morgan fingerprint density at radius 1 is 0.944 bits per heavy atom. The van der Waals surface area contributed by atoms with Crippen molar-refractivity contribution in [3.8, 4) is 11.5 Å².